The van der Waals surface area contributed by atoms with Crippen molar-refractivity contribution in [1.82, 2.24) is 24.3 Å². The molecule has 0 bridgehead atoms. The second-order valence-corrected chi connectivity index (χ2v) is 16.2. The Morgan fingerprint density at radius 1 is 0.292 bits per heavy atom. The molecule has 0 unspecified atom stereocenters. The van der Waals surface area contributed by atoms with E-state index in [9.17, 15) is 0 Å². The number of nitrogens with zero attached hydrogens (tertiary/aromatic N) is 5. The van der Waals surface area contributed by atoms with Gasteiger partial charge < -0.3 is 0 Å². The topological polar surface area (TPSA) is 56.0 Å². The lowest BCUT2D eigenvalue weighted by Crippen LogP contribution is -1.96. The summed E-state index contributed by atoms with van der Waals surface area (Å²) in [6.45, 7) is 0. The van der Waals surface area contributed by atoms with Crippen LogP contribution in [0.15, 0.2) is 237 Å². The molecule has 12 rings (SSSR count). The average molecular weight is 830 g/mol. The Labute approximate surface area is 376 Å². The van der Waals surface area contributed by atoms with Crippen LogP contribution < -0.4 is 0 Å². The van der Waals surface area contributed by atoms with E-state index in [0.717, 1.165) is 100 Å². The van der Waals surface area contributed by atoms with E-state index in [1.807, 2.05) is 30.3 Å². The second-order valence-electron chi connectivity index (χ2n) is 16.2. The van der Waals surface area contributed by atoms with E-state index in [0.29, 0.717) is 5.82 Å². The molecular formula is C60H39N5. The fourth-order valence-corrected chi connectivity index (χ4v) is 9.00. The van der Waals surface area contributed by atoms with Crippen molar-refractivity contribution in [2.45, 2.75) is 0 Å². The maximum Gasteiger partial charge on any atom is 0.160 e. The van der Waals surface area contributed by atoms with E-state index < -0.39 is 0 Å². The molecular weight excluding hydrogens is 791 g/mol. The molecule has 65 heavy (non-hydrogen) atoms. The largest absolute Gasteiger partial charge is 0.298 e. The zero-order valence-corrected chi connectivity index (χ0v) is 35.3. The smallest absolute Gasteiger partial charge is 0.160 e. The van der Waals surface area contributed by atoms with Gasteiger partial charge in [0.1, 0.15) is 5.65 Å². The molecule has 304 valence electrons. The van der Waals surface area contributed by atoms with Crippen LogP contribution >= 0.6 is 0 Å². The average Bonchev–Trinajstić information content (AvgIpc) is 3.79. The molecule has 0 spiro atoms. The first-order valence-corrected chi connectivity index (χ1v) is 21.9. The summed E-state index contributed by atoms with van der Waals surface area (Å²) < 4.78 is 2.26. The standard InChI is InChI=1S/C60H39N5/c1-5-15-40(16-6-1)41-25-31-44(32-26-41)53-39-54(63-59(62-53)49-21-11-4-12-22-49)45-33-27-42(28-34-45)43-29-35-48(36-30-43)58-57(47-19-9-3-10-20-47)64-60-55-50-23-13-14-24-52(50)61-56(46-17-7-2-8-18-46)51(55)37-38-65(58)60/h1-39H. The Kier molecular flexibility index (Phi) is 9.42. The zero-order chi connectivity index (χ0) is 43.1. The van der Waals surface area contributed by atoms with E-state index in [4.69, 9.17) is 19.9 Å². The highest BCUT2D eigenvalue weighted by molar-refractivity contribution is 6.17. The van der Waals surface area contributed by atoms with Gasteiger partial charge in [-0.15, -0.1) is 0 Å². The quantitative estimate of drug-likeness (QED) is 0.143. The number of fused-ring (bicyclic) bond motifs is 5. The van der Waals surface area contributed by atoms with E-state index >= 15 is 0 Å². The third-order valence-electron chi connectivity index (χ3n) is 12.3. The summed E-state index contributed by atoms with van der Waals surface area (Å²) in [7, 11) is 0. The van der Waals surface area contributed by atoms with Gasteiger partial charge in [0.15, 0.2) is 5.82 Å². The van der Waals surface area contributed by atoms with Crippen molar-refractivity contribution in [3.63, 3.8) is 0 Å². The Morgan fingerprint density at radius 3 is 1.28 bits per heavy atom. The minimum atomic E-state index is 0.696. The number of aromatic nitrogens is 5. The summed E-state index contributed by atoms with van der Waals surface area (Å²) in [5.41, 5.74) is 17.4. The van der Waals surface area contributed by atoms with Crippen molar-refractivity contribution in [3.05, 3.63) is 237 Å². The summed E-state index contributed by atoms with van der Waals surface area (Å²) in [6, 6.07) is 80.4. The van der Waals surface area contributed by atoms with Gasteiger partial charge in [0, 0.05) is 55.7 Å². The number of pyridine rings is 2. The lowest BCUT2D eigenvalue weighted by molar-refractivity contribution is 1.18. The van der Waals surface area contributed by atoms with Crippen molar-refractivity contribution in [2.24, 2.45) is 0 Å². The molecule has 0 fully saturated rings. The molecule has 8 aromatic carbocycles. The maximum atomic E-state index is 5.48. The third-order valence-corrected chi connectivity index (χ3v) is 12.3. The molecule has 0 saturated carbocycles. The van der Waals surface area contributed by atoms with Crippen LogP contribution in [0.1, 0.15) is 0 Å². The van der Waals surface area contributed by atoms with E-state index in [-0.39, 0.29) is 0 Å². The first-order valence-electron chi connectivity index (χ1n) is 21.9. The molecule has 12 aromatic rings. The Balaban J connectivity index is 0.921. The first-order chi connectivity index (χ1) is 32.2. The third kappa shape index (κ3) is 7.02. The predicted octanol–water partition coefficient (Wildman–Crippen LogP) is 15.2. The predicted molar refractivity (Wildman–Crippen MR) is 267 cm³/mol. The van der Waals surface area contributed by atoms with Crippen LogP contribution in [0.5, 0.6) is 0 Å². The van der Waals surface area contributed by atoms with Crippen LogP contribution in [0.2, 0.25) is 0 Å². The van der Waals surface area contributed by atoms with Gasteiger partial charge in [-0.1, -0.05) is 212 Å². The van der Waals surface area contributed by atoms with Crippen LogP contribution in [-0.2, 0) is 0 Å². The van der Waals surface area contributed by atoms with Crippen molar-refractivity contribution in [3.8, 4) is 89.9 Å². The van der Waals surface area contributed by atoms with Gasteiger partial charge in [-0.05, 0) is 40.5 Å². The van der Waals surface area contributed by atoms with Crippen molar-refractivity contribution in [2.75, 3.05) is 0 Å². The molecule has 4 heterocycles. The summed E-state index contributed by atoms with van der Waals surface area (Å²) in [4.78, 5) is 20.8. The zero-order valence-electron chi connectivity index (χ0n) is 35.3. The molecule has 0 aliphatic rings. The highest BCUT2D eigenvalue weighted by Gasteiger charge is 2.21. The Hall–Kier alpha value is -8.80. The number of benzene rings is 8. The summed E-state index contributed by atoms with van der Waals surface area (Å²) in [5, 5.41) is 3.24. The van der Waals surface area contributed by atoms with Crippen LogP contribution in [-0.4, -0.2) is 24.3 Å². The summed E-state index contributed by atoms with van der Waals surface area (Å²) >= 11 is 0. The highest BCUT2D eigenvalue weighted by Crippen LogP contribution is 2.40. The SMILES string of the molecule is c1ccc(-c2ccc(-c3cc(-c4ccc(-c5ccc(-c6c(-c7ccccc7)nc7c8c(ccn67)c(-c6ccccc6)nc6ccccc68)cc5)cc4)nc(-c4ccccc4)n3)cc2)cc1. The van der Waals surface area contributed by atoms with Gasteiger partial charge in [0.05, 0.1) is 34.0 Å². The number of hydrogen-bond acceptors (Lipinski definition) is 4. The van der Waals surface area contributed by atoms with Gasteiger partial charge in [-0.2, -0.15) is 0 Å². The molecule has 0 aliphatic carbocycles. The number of para-hydroxylation sites is 1. The fourth-order valence-electron chi connectivity index (χ4n) is 9.00. The molecule has 0 radical (unpaired) electrons. The van der Waals surface area contributed by atoms with Crippen LogP contribution in [0.25, 0.3) is 117 Å². The molecule has 5 heteroatoms. The van der Waals surface area contributed by atoms with Gasteiger partial charge >= 0.3 is 0 Å². The minimum absolute atomic E-state index is 0.696. The van der Waals surface area contributed by atoms with E-state index in [1.54, 1.807) is 0 Å². The Bertz CT molecular complexity index is 3640. The van der Waals surface area contributed by atoms with E-state index in [1.165, 1.54) is 11.1 Å². The molecule has 4 aromatic heterocycles. The first kappa shape index (κ1) is 37.9. The fraction of sp³-hybridized carbons (Fsp3) is 0. The molecule has 0 N–H and O–H groups in total. The van der Waals surface area contributed by atoms with Gasteiger partial charge in [-0.3, -0.25) is 4.40 Å². The summed E-state index contributed by atoms with van der Waals surface area (Å²) in [5.74, 6) is 0.696. The lowest BCUT2D eigenvalue weighted by Gasteiger charge is -2.12. The summed E-state index contributed by atoms with van der Waals surface area (Å²) in [6.07, 6.45) is 2.16. The van der Waals surface area contributed by atoms with Crippen molar-refractivity contribution < 1.29 is 0 Å². The highest BCUT2D eigenvalue weighted by atomic mass is 15.0. The Morgan fingerprint density at radius 2 is 0.723 bits per heavy atom. The van der Waals surface area contributed by atoms with Crippen molar-refractivity contribution in [1.29, 1.82) is 0 Å². The number of hydrogen-bond donors (Lipinski definition) is 0. The molecule has 5 nitrogen and oxygen atoms in total. The van der Waals surface area contributed by atoms with Crippen molar-refractivity contribution >= 4 is 27.3 Å². The number of imidazole rings is 1. The monoisotopic (exact) mass is 829 g/mol. The lowest BCUT2D eigenvalue weighted by atomic mass is 9.98. The second kappa shape index (κ2) is 16.2. The minimum Gasteiger partial charge on any atom is -0.298 e. The van der Waals surface area contributed by atoms with E-state index in [2.05, 4.69) is 211 Å². The number of rotatable bonds is 8. The molecule has 0 amide bonds. The van der Waals surface area contributed by atoms with Crippen LogP contribution in [0.4, 0.5) is 0 Å². The van der Waals surface area contributed by atoms with Crippen LogP contribution in [0, 0.1) is 0 Å². The van der Waals surface area contributed by atoms with Gasteiger partial charge in [-0.25, -0.2) is 19.9 Å². The maximum absolute atomic E-state index is 5.48. The van der Waals surface area contributed by atoms with Gasteiger partial charge in [0.2, 0.25) is 0 Å². The molecule has 0 aliphatic heterocycles. The normalized spacial score (nSPS) is 11.4. The molecule has 0 saturated heterocycles. The van der Waals surface area contributed by atoms with Crippen LogP contribution in [0.3, 0.4) is 0 Å². The van der Waals surface area contributed by atoms with Gasteiger partial charge in [0.25, 0.3) is 0 Å². The molecule has 0 atom stereocenters.